The fourth-order valence-corrected chi connectivity index (χ4v) is 2.62. The Morgan fingerprint density at radius 3 is 2.67 bits per heavy atom. The Kier molecular flexibility index (Phi) is 12.0. The van der Waals surface area contributed by atoms with Crippen molar-refractivity contribution in [2.45, 2.75) is 18.9 Å². The fraction of sp³-hybridized carbons (Fsp3) is 0.562. The number of amides is 1. The highest BCUT2D eigenvalue weighted by molar-refractivity contribution is 5.85. The molecule has 0 bridgehead atoms. The second-order valence-electron chi connectivity index (χ2n) is 5.42. The second-order valence-corrected chi connectivity index (χ2v) is 5.42. The highest BCUT2D eigenvalue weighted by atomic mass is 35.5. The van der Waals surface area contributed by atoms with Crippen LogP contribution >= 0.6 is 24.8 Å². The smallest absolute Gasteiger partial charge is 0.220 e. The molecule has 8 heteroatoms. The van der Waals surface area contributed by atoms with Crippen molar-refractivity contribution in [3.63, 3.8) is 0 Å². The van der Waals surface area contributed by atoms with Gasteiger partial charge in [-0.2, -0.15) is 0 Å². The molecule has 1 unspecified atom stereocenters. The van der Waals surface area contributed by atoms with Crippen molar-refractivity contribution < 1.29 is 13.9 Å². The molecule has 1 aliphatic heterocycles. The second kappa shape index (κ2) is 12.4. The maximum atomic E-state index is 13.5. The number of hydrogen-bond donors (Lipinski definition) is 2. The van der Waals surface area contributed by atoms with Gasteiger partial charge in [0, 0.05) is 26.1 Å². The maximum Gasteiger partial charge on any atom is 0.220 e. The van der Waals surface area contributed by atoms with Gasteiger partial charge in [-0.3, -0.25) is 9.69 Å². The Labute approximate surface area is 154 Å². The summed E-state index contributed by atoms with van der Waals surface area (Å²) < 4.78 is 18.9. The molecule has 0 aliphatic carbocycles. The van der Waals surface area contributed by atoms with Gasteiger partial charge in [-0.05, 0) is 30.7 Å². The van der Waals surface area contributed by atoms with Gasteiger partial charge in [-0.25, -0.2) is 4.39 Å². The van der Waals surface area contributed by atoms with E-state index in [2.05, 4.69) is 10.2 Å². The first-order valence-electron chi connectivity index (χ1n) is 7.74. The summed E-state index contributed by atoms with van der Waals surface area (Å²) in [4.78, 5) is 14.0. The predicted octanol–water partition coefficient (Wildman–Crippen LogP) is 1.90. The zero-order valence-corrected chi connectivity index (χ0v) is 15.2. The van der Waals surface area contributed by atoms with Crippen LogP contribution in [0, 0.1) is 5.82 Å². The molecule has 138 valence electrons. The number of carbonyl (C=O) groups is 1. The molecule has 1 atom stereocenters. The summed E-state index contributed by atoms with van der Waals surface area (Å²) in [6.07, 6.45) is 1.10. The summed E-state index contributed by atoms with van der Waals surface area (Å²) in [7, 11) is 0. The number of nitrogens with one attached hydrogen (secondary N) is 1. The largest absolute Gasteiger partial charge is 0.379 e. The van der Waals surface area contributed by atoms with E-state index in [0.29, 0.717) is 39.1 Å². The summed E-state index contributed by atoms with van der Waals surface area (Å²) in [6, 6.07) is 6.52. The molecule has 1 fully saturated rings. The van der Waals surface area contributed by atoms with E-state index in [1.54, 1.807) is 6.07 Å². The first-order chi connectivity index (χ1) is 10.7. The van der Waals surface area contributed by atoms with Crippen molar-refractivity contribution in [1.29, 1.82) is 0 Å². The maximum absolute atomic E-state index is 13.5. The quantitative estimate of drug-likeness (QED) is 0.756. The number of hydrogen-bond acceptors (Lipinski definition) is 4. The van der Waals surface area contributed by atoms with E-state index in [9.17, 15) is 9.18 Å². The van der Waals surface area contributed by atoms with Crippen LogP contribution in [0.2, 0.25) is 0 Å². The van der Waals surface area contributed by atoms with Crippen LogP contribution in [0.5, 0.6) is 0 Å². The lowest BCUT2D eigenvalue weighted by atomic mass is 10.0. The molecule has 0 saturated carbocycles. The van der Waals surface area contributed by atoms with Crippen LogP contribution in [0.1, 0.15) is 24.4 Å². The Bertz CT molecular complexity index is 488. The molecule has 1 amide bonds. The first-order valence-corrected chi connectivity index (χ1v) is 7.74. The van der Waals surface area contributed by atoms with E-state index in [1.165, 1.54) is 12.1 Å². The minimum absolute atomic E-state index is 0. The summed E-state index contributed by atoms with van der Waals surface area (Å²) in [5.41, 5.74) is 6.29. The summed E-state index contributed by atoms with van der Waals surface area (Å²) in [5.74, 6) is -0.273. The van der Waals surface area contributed by atoms with Gasteiger partial charge >= 0.3 is 0 Å². The third-order valence-electron chi connectivity index (χ3n) is 3.82. The average molecular weight is 382 g/mol. The van der Waals surface area contributed by atoms with Crippen molar-refractivity contribution in [1.82, 2.24) is 10.2 Å². The van der Waals surface area contributed by atoms with Crippen LogP contribution < -0.4 is 11.1 Å². The monoisotopic (exact) mass is 381 g/mol. The zero-order valence-electron chi connectivity index (χ0n) is 13.6. The molecule has 24 heavy (non-hydrogen) atoms. The summed E-state index contributed by atoms with van der Waals surface area (Å²) in [5, 5.41) is 2.93. The van der Waals surface area contributed by atoms with Crippen molar-refractivity contribution in [2.75, 3.05) is 39.4 Å². The predicted molar refractivity (Wildman–Crippen MR) is 97.3 cm³/mol. The number of carbonyl (C=O) groups excluding carboxylic acids is 1. The van der Waals surface area contributed by atoms with Gasteiger partial charge < -0.3 is 15.8 Å². The van der Waals surface area contributed by atoms with Crippen LogP contribution in [0.3, 0.4) is 0 Å². The van der Waals surface area contributed by atoms with Gasteiger partial charge in [-0.1, -0.05) is 12.1 Å². The van der Waals surface area contributed by atoms with Crippen molar-refractivity contribution >= 4 is 30.7 Å². The van der Waals surface area contributed by atoms with E-state index in [4.69, 9.17) is 10.5 Å². The molecule has 2 rings (SSSR count). The third kappa shape index (κ3) is 7.32. The van der Waals surface area contributed by atoms with Gasteiger partial charge in [-0.15, -0.1) is 24.8 Å². The van der Waals surface area contributed by atoms with Crippen LogP contribution in [-0.2, 0) is 9.53 Å². The molecule has 0 spiro atoms. The van der Waals surface area contributed by atoms with Gasteiger partial charge in [0.1, 0.15) is 5.82 Å². The topological polar surface area (TPSA) is 67.6 Å². The SMILES string of the molecule is Cl.Cl.NCCCC(=O)NCC(c1cccc(F)c1)N1CCOCC1. The van der Waals surface area contributed by atoms with E-state index >= 15 is 0 Å². The number of benzene rings is 1. The first kappa shape index (κ1) is 23.1. The highest BCUT2D eigenvalue weighted by Gasteiger charge is 2.23. The van der Waals surface area contributed by atoms with Crippen LogP contribution in [0.15, 0.2) is 24.3 Å². The third-order valence-corrected chi connectivity index (χ3v) is 3.82. The summed E-state index contributed by atoms with van der Waals surface area (Å²) >= 11 is 0. The average Bonchev–Trinajstić information content (AvgIpc) is 2.54. The number of nitrogens with two attached hydrogens (primary N) is 1. The lowest BCUT2D eigenvalue weighted by molar-refractivity contribution is -0.121. The minimum Gasteiger partial charge on any atom is -0.379 e. The molecular formula is C16H26Cl2FN3O2. The Balaban J connectivity index is 0.00000264. The standard InChI is InChI=1S/C16H24FN3O2.2ClH/c17-14-4-1-3-13(11-14)15(20-7-9-22-10-8-20)12-19-16(21)5-2-6-18;;/h1,3-4,11,15H,2,5-10,12,18H2,(H,19,21);2*1H. The van der Waals surface area contributed by atoms with E-state index in [0.717, 1.165) is 18.7 Å². The number of ether oxygens (including phenoxy) is 1. The molecule has 3 N–H and O–H groups in total. The number of nitrogens with zero attached hydrogens (tertiary/aromatic N) is 1. The number of morpholine rings is 1. The minimum atomic E-state index is -0.259. The highest BCUT2D eigenvalue weighted by Crippen LogP contribution is 2.22. The molecule has 1 aromatic carbocycles. The number of halogens is 3. The van der Waals surface area contributed by atoms with Crippen LogP contribution in [-0.4, -0.2) is 50.2 Å². The number of rotatable bonds is 7. The lowest BCUT2D eigenvalue weighted by Gasteiger charge is -2.35. The molecule has 0 aromatic heterocycles. The van der Waals surface area contributed by atoms with E-state index < -0.39 is 0 Å². The molecule has 1 aromatic rings. The van der Waals surface area contributed by atoms with Crippen molar-refractivity contribution in [2.24, 2.45) is 5.73 Å². The van der Waals surface area contributed by atoms with E-state index in [-0.39, 0.29) is 42.6 Å². The molecule has 1 heterocycles. The molecular weight excluding hydrogens is 356 g/mol. The molecule has 5 nitrogen and oxygen atoms in total. The van der Waals surface area contributed by atoms with Crippen molar-refractivity contribution in [3.05, 3.63) is 35.6 Å². The van der Waals surface area contributed by atoms with Gasteiger partial charge in [0.25, 0.3) is 0 Å². The molecule has 1 aliphatic rings. The normalized spacial score (nSPS) is 15.8. The Morgan fingerprint density at radius 2 is 2.04 bits per heavy atom. The molecule has 1 saturated heterocycles. The molecule has 0 radical (unpaired) electrons. The van der Waals surface area contributed by atoms with Gasteiger partial charge in [0.2, 0.25) is 5.91 Å². The Hall–Kier alpha value is -0.920. The summed E-state index contributed by atoms with van der Waals surface area (Å²) in [6.45, 7) is 3.84. The van der Waals surface area contributed by atoms with Gasteiger partial charge in [0.15, 0.2) is 0 Å². The van der Waals surface area contributed by atoms with Crippen molar-refractivity contribution in [3.8, 4) is 0 Å². The Morgan fingerprint density at radius 1 is 1.33 bits per heavy atom. The zero-order chi connectivity index (χ0) is 15.8. The van der Waals surface area contributed by atoms with E-state index in [1.807, 2.05) is 6.07 Å². The van der Waals surface area contributed by atoms with Gasteiger partial charge in [0.05, 0.1) is 19.3 Å². The fourth-order valence-electron chi connectivity index (χ4n) is 2.62. The van der Waals surface area contributed by atoms with Crippen LogP contribution in [0.4, 0.5) is 4.39 Å². The van der Waals surface area contributed by atoms with Crippen LogP contribution in [0.25, 0.3) is 0 Å². The lowest BCUT2D eigenvalue weighted by Crippen LogP contribution is -2.43.